The Balaban J connectivity index is 1.58. The van der Waals surface area contributed by atoms with Crippen molar-refractivity contribution in [1.82, 2.24) is 19.6 Å². The Morgan fingerprint density at radius 1 is 1.19 bits per heavy atom. The maximum Gasteiger partial charge on any atom is 0.266 e. The van der Waals surface area contributed by atoms with Crippen molar-refractivity contribution < 1.29 is 9.53 Å². The maximum absolute atomic E-state index is 12.4. The van der Waals surface area contributed by atoms with Crippen LogP contribution in [0.1, 0.15) is 6.92 Å². The molecule has 4 rings (SSSR count). The number of ether oxygens (including phenoxy) is 1. The van der Waals surface area contributed by atoms with E-state index in [9.17, 15) is 9.59 Å². The summed E-state index contributed by atoms with van der Waals surface area (Å²) >= 11 is 7.27. The smallest absolute Gasteiger partial charge is 0.266 e. The number of benzene rings is 2. The van der Waals surface area contributed by atoms with Crippen LogP contribution in [-0.4, -0.2) is 37.8 Å². The number of carbonyl (C=O) groups excluding carboxylic acids is 1. The van der Waals surface area contributed by atoms with Gasteiger partial charge in [-0.1, -0.05) is 35.5 Å². The average molecular weight is 456 g/mol. The second-order valence-corrected chi connectivity index (χ2v) is 7.77. The molecule has 158 valence electrons. The first-order valence-electron chi connectivity index (χ1n) is 9.43. The van der Waals surface area contributed by atoms with Crippen molar-refractivity contribution in [3.63, 3.8) is 0 Å². The molecule has 0 fully saturated rings. The minimum absolute atomic E-state index is 0.0697. The van der Waals surface area contributed by atoms with Crippen LogP contribution < -0.4 is 15.6 Å². The fourth-order valence-corrected chi connectivity index (χ4v) is 3.79. The third kappa shape index (κ3) is 4.89. The Bertz CT molecular complexity index is 1290. The molecule has 8 nitrogen and oxygen atoms in total. The number of nitrogens with one attached hydrogen (secondary N) is 2. The van der Waals surface area contributed by atoms with Gasteiger partial charge < -0.3 is 10.1 Å². The zero-order valence-electron chi connectivity index (χ0n) is 16.5. The molecule has 0 aliphatic rings. The molecule has 1 amide bonds. The first-order chi connectivity index (χ1) is 15.0. The summed E-state index contributed by atoms with van der Waals surface area (Å²) in [6.07, 6.45) is 0. The molecule has 0 bridgehead atoms. The van der Waals surface area contributed by atoms with Crippen LogP contribution in [0.15, 0.2) is 64.5 Å². The van der Waals surface area contributed by atoms with Gasteiger partial charge in [0.05, 0.1) is 23.1 Å². The third-order valence-electron chi connectivity index (χ3n) is 4.23. The molecule has 0 spiro atoms. The van der Waals surface area contributed by atoms with E-state index in [1.54, 1.807) is 24.3 Å². The number of hydrogen-bond acceptors (Lipinski definition) is 6. The number of rotatable bonds is 7. The molecule has 0 saturated carbocycles. The fraction of sp³-hybridized carbons (Fsp3) is 0.143. The van der Waals surface area contributed by atoms with Crippen LogP contribution in [0.2, 0.25) is 5.02 Å². The third-order valence-corrected chi connectivity index (χ3v) is 5.50. The molecule has 0 unspecified atom stereocenters. The fourth-order valence-electron chi connectivity index (χ4n) is 2.86. The Morgan fingerprint density at radius 2 is 1.97 bits per heavy atom. The predicted octanol–water partition coefficient (Wildman–Crippen LogP) is 3.87. The Morgan fingerprint density at radius 3 is 2.71 bits per heavy atom. The topological polar surface area (TPSA) is 101 Å². The number of carbonyl (C=O) groups is 1. The quantitative estimate of drug-likeness (QED) is 0.410. The van der Waals surface area contributed by atoms with Crippen molar-refractivity contribution in [2.45, 2.75) is 12.1 Å². The highest BCUT2D eigenvalue weighted by atomic mass is 35.5. The molecule has 0 saturated heterocycles. The zero-order chi connectivity index (χ0) is 21.8. The molecular formula is C21H18ClN5O3S. The van der Waals surface area contributed by atoms with Crippen LogP contribution in [0, 0.1) is 0 Å². The van der Waals surface area contributed by atoms with Gasteiger partial charge in [-0.2, -0.15) is 0 Å². The van der Waals surface area contributed by atoms with Crippen LogP contribution in [-0.2, 0) is 4.79 Å². The second-order valence-electron chi connectivity index (χ2n) is 6.42. The van der Waals surface area contributed by atoms with Gasteiger partial charge in [-0.3, -0.25) is 14.7 Å². The molecule has 10 heteroatoms. The lowest BCUT2D eigenvalue weighted by molar-refractivity contribution is -0.113. The monoisotopic (exact) mass is 455 g/mol. The molecular weight excluding hydrogens is 438 g/mol. The number of aromatic amines is 1. The van der Waals surface area contributed by atoms with Gasteiger partial charge in [0.15, 0.2) is 16.6 Å². The molecule has 31 heavy (non-hydrogen) atoms. The van der Waals surface area contributed by atoms with E-state index in [1.165, 1.54) is 22.3 Å². The van der Waals surface area contributed by atoms with Crippen LogP contribution >= 0.6 is 23.4 Å². The molecule has 0 aliphatic heterocycles. The number of halogens is 1. The first-order valence-corrected chi connectivity index (χ1v) is 10.8. The van der Waals surface area contributed by atoms with Crippen LogP contribution in [0.5, 0.6) is 5.75 Å². The lowest BCUT2D eigenvalue weighted by Crippen LogP contribution is -2.15. The summed E-state index contributed by atoms with van der Waals surface area (Å²) in [4.78, 5) is 33.3. The molecule has 4 aromatic rings. The van der Waals surface area contributed by atoms with Crippen molar-refractivity contribution in [3.05, 3.63) is 70.0 Å². The summed E-state index contributed by atoms with van der Waals surface area (Å²) in [5, 5.41) is 6.32. The van der Waals surface area contributed by atoms with Crippen LogP contribution in [0.4, 0.5) is 5.69 Å². The van der Waals surface area contributed by atoms with E-state index in [1.807, 2.05) is 31.2 Å². The number of H-pyrrole nitrogens is 1. The van der Waals surface area contributed by atoms with Crippen LogP contribution in [0.3, 0.4) is 0 Å². The van der Waals surface area contributed by atoms with Gasteiger partial charge >= 0.3 is 0 Å². The van der Waals surface area contributed by atoms with Gasteiger partial charge in [0.1, 0.15) is 5.75 Å². The predicted molar refractivity (Wildman–Crippen MR) is 121 cm³/mol. The van der Waals surface area contributed by atoms with Crippen molar-refractivity contribution in [2.75, 3.05) is 17.7 Å². The summed E-state index contributed by atoms with van der Waals surface area (Å²) in [5.74, 6) is 1.01. The molecule has 2 heterocycles. The summed E-state index contributed by atoms with van der Waals surface area (Å²) in [7, 11) is 0. The van der Waals surface area contributed by atoms with Crippen LogP contribution in [0.25, 0.3) is 17.0 Å². The molecule has 2 N–H and O–H groups in total. The minimum Gasteiger partial charge on any atom is -0.494 e. The number of para-hydroxylation sites is 1. The highest BCUT2D eigenvalue weighted by Crippen LogP contribution is 2.24. The number of thioether (sulfide) groups is 1. The SMILES string of the molecule is CCOc1ccc(-c2nc(SCC(=O)Nc3ccccc3Cl)n3[nH]c(=O)cc3n2)cc1. The van der Waals surface area contributed by atoms with Gasteiger partial charge in [0.25, 0.3) is 5.56 Å². The van der Waals surface area contributed by atoms with Crippen molar-refractivity contribution in [3.8, 4) is 17.1 Å². The number of fused-ring (bicyclic) bond motifs is 1. The summed E-state index contributed by atoms with van der Waals surface area (Å²) in [5.41, 5.74) is 1.41. The van der Waals surface area contributed by atoms with Gasteiger partial charge in [0, 0.05) is 11.6 Å². The standard InChI is InChI=1S/C21H18ClN5O3S/c1-2-30-14-9-7-13(8-10-14)20-24-17-11-18(28)26-27(17)21(25-20)31-12-19(29)23-16-6-4-3-5-15(16)22/h3-11H,2,12H2,1H3,(H,23,29)(H,26,28). The Labute approximate surface area is 186 Å². The van der Waals surface area contributed by atoms with E-state index in [0.29, 0.717) is 33.9 Å². The Hall–Kier alpha value is -3.30. The van der Waals surface area contributed by atoms with E-state index in [-0.39, 0.29) is 17.2 Å². The molecule has 0 aliphatic carbocycles. The zero-order valence-corrected chi connectivity index (χ0v) is 18.0. The first kappa shape index (κ1) is 21.0. The number of amides is 1. The minimum atomic E-state index is -0.305. The van der Waals surface area contributed by atoms with E-state index in [4.69, 9.17) is 16.3 Å². The average Bonchev–Trinajstić information content (AvgIpc) is 3.14. The van der Waals surface area contributed by atoms with Crippen molar-refractivity contribution in [2.24, 2.45) is 0 Å². The van der Waals surface area contributed by atoms with Gasteiger partial charge in [-0.25, -0.2) is 14.5 Å². The second kappa shape index (κ2) is 9.23. The summed E-state index contributed by atoms with van der Waals surface area (Å²) < 4.78 is 6.93. The maximum atomic E-state index is 12.4. The highest BCUT2D eigenvalue weighted by Gasteiger charge is 2.14. The number of aromatic nitrogens is 4. The van der Waals surface area contributed by atoms with E-state index in [2.05, 4.69) is 20.4 Å². The largest absolute Gasteiger partial charge is 0.494 e. The van der Waals surface area contributed by atoms with Gasteiger partial charge in [-0.15, -0.1) is 0 Å². The lowest BCUT2D eigenvalue weighted by Gasteiger charge is -2.09. The van der Waals surface area contributed by atoms with E-state index in [0.717, 1.165) is 11.3 Å². The summed E-state index contributed by atoms with van der Waals surface area (Å²) in [6.45, 7) is 2.49. The van der Waals surface area contributed by atoms with E-state index >= 15 is 0 Å². The van der Waals surface area contributed by atoms with Crippen molar-refractivity contribution >= 4 is 40.6 Å². The normalized spacial score (nSPS) is 10.9. The van der Waals surface area contributed by atoms with Gasteiger partial charge in [0.2, 0.25) is 5.91 Å². The van der Waals surface area contributed by atoms with Crippen molar-refractivity contribution in [1.29, 1.82) is 0 Å². The number of anilines is 1. The van der Waals surface area contributed by atoms with Gasteiger partial charge in [-0.05, 0) is 43.3 Å². The molecule has 0 radical (unpaired) electrons. The molecule has 0 atom stereocenters. The lowest BCUT2D eigenvalue weighted by atomic mass is 10.2. The summed E-state index contributed by atoms with van der Waals surface area (Å²) in [6, 6.07) is 15.7. The highest BCUT2D eigenvalue weighted by molar-refractivity contribution is 7.99. The Kier molecular flexibility index (Phi) is 6.24. The van der Waals surface area contributed by atoms with E-state index < -0.39 is 0 Å². The molecule has 2 aromatic carbocycles. The number of hydrogen-bond donors (Lipinski definition) is 2. The molecule has 2 aromatic heterocycles. The number of nitrogens with zero attached hydrogens (tertiary/aromatic N) is 3.